The van der Waals surface area contributed by atoms with Crippen LogP contribution >= 0.6 is 11.3 Å². The summed E-state index contributed by atoms with van der Waals surface area (Å²) in [5.41, 5.74) is 4.57. The van der Waals surface area contributed by atoms with Crippen LogP contribution in [-0.4, -0.2) is 58.0 Å². The zero-order valence-electron chi connectivity index (χ0n) is 25.1. The summed E-state index contributed by atoms with van der Waals surface area (Å²) in [5, 5.41) is 21.4. The Balaban J connectivity index is 1.10. The van der Waals surface area contributed by atoms with Gasteiger partial charge in [0.05, 0.1) is 12.1 Å². The van der Waals surface area contributed by atoms with Gasteiger partial charge in [0.1, 0.15) is 16.7 Å². The van der Waals surface area contributed by atoms with Crippen LogP contribution in [0.2, 0.25) is 0 Å². The second-order valence-corrected chi connectivity index (χ2v) is 14.5. The van der Waals surface area contributed by atoms with Crippen LogP contribution in [0.15, 0.2) is 48.1 Å². The van der Waals surface area contributed by atoms with Crippen molar-refractivity contribution in [2.75, 3.05) is 13.2 Å². The molecule has 0 unspecified atom stereocenters. The molecule has 7 rings (SSSR count). The Morgan fingerprint density at radius 1 is 1.19 bits per heavy atom. The molecular weight excluding hydrogens is 560 g/mol. The van der Waals surface area contributed by atoms with E-state index in [-0.39, 0.29) is 17.6 Å². The summed E-state index contributed by atoms with van der Waals surface area (Å²) in [6.07, 6.45) is 9.87. The number of aromatic nitrogens is 2. The van der Waals surface area contributed by atoms with Crippen molar-refractivity contribution in [2.24, 2.45) is 5.41 Å². The van der Waals surface area contributed by atoms with Crippen LogP contribution in [0, 0.1) is 5.41 Å². The lowest BCUT2D eigenvalue weighted by atomic mass is 9.73. The van der Waals surface area contributed by atoms with Crippen molar-refractivity contribution in [1.82, 2.24) is 20.6 Å². The second kappa shape index (κ2) is 11.6. The molecule has 0 bridgehead atoms. The van der Waals surface area contributed by atoms with Gasteiger partial charge >= 0.3 is 0 Å². The Bertz CT molecular complexity index is 1450. The molecule has 43 heavy (non-hydrogen) atoms. The fourth-order valence-electron chi connectivity index (χ4n) is 7.04. The van der Waals surface area contributed by atoms with Crippen molar-refractivity contribution < 1.29 is 19.4 Å². The smallest absolute Gasteiger partial charge is 0.249 e. The monoisotopic (exact) mass is 602 g/mol. The minimum absolute atomic E-state index is 0.0239. The van der Waals surface area contributed by atoms with E-state index in [1.54, 1.807) is 17.5 Å². The number of hydrogen-bond acceptors (Lipinski definition) is 8. The minimum atomic E-state index is -0.809. The number of carbonyl (C=O) groups excluding carboxylic acids is 1. The van der Waals surface area contributed by atoms with Crippen molar-refractivity contribution in [3.63, 3.8) is 0 Å². The highest BCUT2D eigenvalue weighted by molar-refractivity contribution is 7.13. The molecule has 3 fully saturated rings. The standard InChI is InChI=1S/C34H42N4O4S/c1-33(2)17-25(33)23-16-24-27(18-34(9-5-10-34)42-31(24)37-19-23)36-20-28(39)26(38-30(40)29-8-4-12-41-29)15-21-6-3-7-22(14-21)32-35-11-13-43-32/h3,6-7,11,13-14,16,19,25-29,36,39H,4-5,8-10,12,15,17-18,20H2,1-2H3,(H,38,40)/t25-,26-,27-,28-,29-/m0/s1. The van der Waals surface area contributed by atoms with E-state index in [0.29, 0.717) is 37.3 Å². The van der Waals surface area contributed by atoms with Crippen LogP contribution in [-0.2, 0) is 16.0 Å². The Kier molecular flexibility index (Phi) is 7.78. The maximum Gasteiger partial charge on any atom is 0.249 e. The number of ether oxygens (including phenoxy) is 2. The highest BCUT2D eigenvalue weighted by Gasteiger charge is 2.49. The number of benzene rings is 1. The summed E-state index contributed by atoms with van der Waals surface area (Å²) in [5.74, 6) is 1.10. The first kappa shape index (κ1) is 28.9. The quantitative estimate of drug-likeness (QED) is 0.288. The van der Waals surface area contributed by atoms with Gasteiger partial charge in [-0.2, -0.15) is 0 Å². The number of fused-ring (bicyclic) bond motifs is 1. The normalized spacial score (nSPS) is 26.2. The first-order chi connectivity index (χ1) is 20.8. The van der Waals surface area contributed by atoms with Crippen molar-refractivity contribution in [2.45, 2.75) is 101 Å². The molecule has 3 N–H and O–H groups in total. The van der Waals surface area contributed by atoms with Gasteiger partial charge in [-0.3, -0.25) is 4.79 Å². The van der Waals surface area contributed by atoms with Crippen LogP contribution in [0.1, 0.15) is 87.4 Å². The lowest BCUT2D eigenvalue weighted by Crippen LogP contribution is -2.53. The number of aliphatic hydroxyl groups is 1. The highest BCUT2D eigenvalue weighted by Crippen LogP contribution is 2.59. The molecule has 1 spiro atoms. The average Bonchev–Trinajstić information content (AvgIpc) is 3.44. The fourth-order valence-corrected chi connectivity index (χ4v) is 7.67. The van der Waals surface area contributed by atoms with Crippen LogP contribution < -0.4 is 15.4 Å². The molecule has 9 heteroatoms. The first-order valence-electron chi connectivity index (χ1n) is 15.8. The summed E-state index contributed by atoms with van der Waals surface area (Å²) < 4.78 is 12.2. The number of aliphatic hydroxyl groups excluding tert-OH is 1. The zero-order chi connectivity index (χ0) is 29.6. The van der Waals surface area contributed by atoms with E-state index < -0.39 is 18.2 Å². The van der Waals surface area contributed by atoms with E-state index in [0.717, 1.165) is 59.7 Å². The SMILES string of the molecule is CC1(C)C[C@H]1c1cnc2c(c1)[C@@H](NC[C@H](O)[C@H](Cc1cccc(-c3nccs3)c1)NC(=O)[C@@H]1CCCO1)CC1(CCC1)O2. The third-order valence-electron chi connectivity index (χ3n) is 9.99. The highest BCUT2D eigenvalue weighted by atomic mass is 32.1. The number of nitrogens with zero attached hydrogens (tertiary/aromatic N) is 2. The number of amides is 1. The number of nitrogens with one attached hydrogen (secondary N) is 2. The van der Waals surface area contributed by atoms with E-state index >= 15 is 0 Å². The van der Waals surface area contributed by atoms with Crippen molar-refractivity contribution >= 4 is 17.2 Å². The Morgan fingerprint density at radius 3 is 2.74 bits per heavy atom. The predicted octanol–water partition coefficient (Wildman–Crippen LogP) is 5.32. The Hall–Kier alpha value is -2.85. The van der Waals surface area contributed by atoms with E-state index in [4.69, 9.17) is 14.5 Å². The van der Waals surface area contributed by atoms with Gasteiger partial charge in [-0.15, -0.1) is 11.3 Å². The molecule has 2 aliphatic heterocycles. The van der Waals surface area contributed by atoms with E-state index in [1.165, 1.54) is 12.0 Å². The third kappa shape index (κ3) is 6.10. The van der Waals surface area contributed by atoms with Crippen molar-refractivity contribution in [1.29, 1.82) is 0 Å². The fraction of sp³-hybridized carbons (Fsp3) is 0.559. The van der Waals surface area contributed by atoms with Crippen LogP contribution in [0.3, 0.4) is 0 Å². The molecule has 1 aromatic carbocycles. The molecule has 5 atom stereocenters. The molecule has 0 radical (unpaired) electrons. The number of carbonyl (C=O) groups is 1. The molecule has 1 amide bonds. The number of pyridine rings is 1. The Morgan fingerprint density at radius 2 is 2.05 bits per heavy atom. The number of thiazole rings is 1. The van der Waals surface area contributed by atoms with Gasteiger partial charge in [0.15, 0.2) is 0 Å². The molecular formula is C34H42N4O4S. The molecule has 2 aromatic heterocycles. The summed E-state index contributed by atoms with van der Waals surface area (Å²) in [4.78, 5) is 22.4. The first-order valence-corrected chi connectivity index (χ1v) is 16.7. The Labute approximate surface area is 257 Å². The largest absolute Gasteiger partial charge is 0.471 e. The minimum Gasteiger partial charge on any atom is -0.471 e. The molecule has 4 heterocycles. The van der Waals surface area contributed by atoms with E-state index in [2.05, 4.69) is 41.6 Å². The summed E-state index contributed by atoms with van der Waals surface area (Å²) >= 11 is 1.60. The van der Waals surface area contributed by atoms with Crippen molar-refractivity contribution in [3.05, 3.63) is 64.8 Å². The third-order valence-corrected chi connectivity index (χ3v) is 10.8. The topological polar surface area (TPSA) is 106 Å². The summed E-state index contributed by atoms with van der Waals surface area (Å²) in [7, 11) is 0. The molecule has 3 aromatic rings. The lowest BCUT2D eigenvalue weighted by Gasteiger charge is -2.47. The van der Waals surface area contributed by atoms with Gasteiger partial charge in [0, 0.05) is 54.5 Å². The molecule has 1 saturated heterocycles. The zero-order valence-corrected chi connectivity index (χ0v) is 25.9. The van der Waals surface area contributed by atoms with Gasteiger partial charge in [0.25, 0.3) is 0 Å². The summed E-state index contributed by atoms with van der Waals surface area (Å²) in [6.45, 7) is 5.55. The lowest BCUT2D eigenvalue weighted by molar-refractivity contribution is -0.131. The van der Waals surface area contributed by atoms with Gasteiger partial charge in [-0.05, 0) is 79.5 Å². The maximum atomic E-state index is 13.2. The molecule has 2 saturated carbocycles. The van der Waals surface area contributed by atoms with Crippen LogP contribution in [0.4, 0.5) is 0 Å². The van der Waals surface area contributed by atoms with E-state index in [1.807, 2.05) is 29.8 Å². The average molecular weight is 603 g/mol. The van der Waals surface area contributed by atoms with Gasteiger partial charge < -0.3 is 25.2 Å². The van der Waals surface area contributed by atoms with E-state index in [9.17, 15) is 9.90 Å². The summed E-state index contributed by atoms with van der Waals surface area (Å²) in [6, 6.07) is 10.0. The predicted molar refractivity (Wildman–Crippen MR) is 166 cm³/mol. The van der Waals surface area contributed by atoms with Crippen LogP contribution in [0.5, 0.6) is 5.88 Å². The van der Waals surface area contributed by atoms with Crippen LogP contribution in [0.25, 0.3) is 10.6 Å². The van der Waals surface area contributed by atoms with Gasteiger partial charge in [0.2, 0.25) is 11.8 Å². The second-order valence-electron chi connectivity index (χ2n) is 13.6. The number of rotatable bonds is 10. The molecule has 228 valence electrons. The molecule has 2 aliphatic carbocycles. The molecule has 8 nitrogen and oxygen atoms in total. The maximum absolute atomic E-state index is 13.2. The van der Waals surface area contributed by atoms with Gasteiger partial charge in [-0.25, -0.2) is 9.97 Å². The number of hydrogen-bond donors (Lipinski definition) is 3. The van der Waals surface area contributed by atoms with Gasteiger partial charge in [-0.1, -0.05) is 32.0 Å². The van der Waals surface area contributed by atoms with Crippen molar-refractivity contribution in [3.8, 4) is 16.5 Å². The molecule has 4 aliphatic rings.